The van der Waals surface area contributed by atoms with Crippen molar-refractivity contribution >= 4 is 29.6 Å². The number of rotatable bonds is 16. The van der Waals surface area contributed by atoms with Gasteiger partial charge in [-0.05, 0) is 12.1 Å². The highest BCUT2D eigenvalue weighted by Gasteiger charge is 2.21. The van der Waals surface area contributed by atoms with Gasteiger partial charge in [0.1, 0.15) is 0 Å². The van der Waals surface area contributed by atoms with Gasteiger partial charge in [0, 0.05) is 24.2 Å². The van der Waals surface area contributed by atoms with Crippen molar-refractivity contribution in [2.45, 2.75) is 0 Å². The monoisotopic (exact) mass is 504 g/mol. The van der Waals surface area contributed by atoms with Crippen LogP contribution < -0.4 is 24.8 Å². The zero-order chi connectivity index (χ0) is 26.5. The first-order valence-electron chi connectivity index (χ1n) is 10.5. The molecular weight excluding hydrogens is 480 g/mol. The lowest BCUT2D eigenvalue weighted by Gasteiger charge is -2.17. The smallest absolute Gasteiger partial charge is 0.341 e. The maximum atomic E-state index is 12.6. The third kappa shape index (κ3) is 9.30. The highest BCUT2D eigenvalue weighted by Crippen LogP contribution is 2.39. The topological polar surface area (TPSA) is 198 Å². The number of hydrogen-bond donors (Lipinski definition) is 5. The van der Waals surface area contributed by atoms with E-state index in [4.69, 9.17) is 29.5 Å². The van der Waals surface area contributed by atoms with Crippen molar-refractivity contribution in [2.24, 2.45) is 0 Å². The molecule has 0 saturated heterocycles. The molecule has 0 saturated carbocycles. The normalized spacial score (nSPS) is 10.2. The van der Waals surface area contributed by atoms with Gasteiger partial charge in [-0.15, -0.1) is 0 Å². The zero-order valence-corrected chi connectivity index (χ0v) is 18.9. The summed E-state index contributed by atoms with van der Waals surface area (Å²) in [5.74, 6) is -5.93. The van der Waals surface area contributed by atoms with E-state index in [1.165, 1.54) is 0 Å². The van der Waals surface area contributed by atoms with Gasteiger partial charge in [0.25, 0.3) is 5.91 Å². The standard InChI is InChI=1S/C23H24N2O11/c26-16(14-4-2-1-3-5-14)10-24-6-7-25-23(33)15-8-17(34-11-19(27)28)22(36-13-21(31)32)18(9-15)35-12-20(29)30/h1-5,8-9,24H,6-7,10-13H2,(H,25,33)(H,27,28)(H,29,30)(H,31,32). The SMILES string of the molecule is O=C(O)COc1cc(C(=O)NCCNCC(=O)c2ccccc2)cc(OCC(=O)O)c1OCC(=O)O. The molecule has 0 unspecified atom stereocenters. The molecule has 0 aliphatic rings. The summed E-state index contributed by atoms with van der Waals surface area (Å²) in [4.78, 5) is 57.5. The number of carboxylic acids is 3. The lowest BCUT2D eigenvalue weighted by molar-refractivity contribution is -0.141. The van der Waals surface area contributed by atoms with Crippen molar-refractivity contribution in [3.05, 3.63) is 53.6 Å². The molecule has 0 aromatic heterocycles. The second-order valence-corrected chi connectivity index (χ2v) is 7.07. The number of aliphatic carboxylic acids is 3. The summed E-state index contributed by atoms with van der Waals surface area (Å²) in [6.07, 6.45) is 0. The summed E-state index contributed by atoms with van der Waals surface area (Å²) in [5.41, 5.74) is 0.445. The van der Waals surface area contributed by atoms with Crippen LogP contribution in [0.25, 0.3) is 0 Å². The number of Topliss-reactive ketones (excluding diaryl/α,β-unsaturated/α-hetero) is 1. The number of ether oxygens (including phenoxy) is 3. The van der Waals surface area contributed by atoms with Crippen molar-refractivity contribution < 1.29 is 53.5 Å². The van der Waals surface area contributed by atoms with Gasteiger partial charge in [0.15, 0.2) is 37.1 Å². The lowest BCUT2D eigenvalue weighted by Crippen LogP contribution is -2.34. The van der Waals surface area contributed by atoms with Crippen LogP contribution in [0.1, 0.15) is 20.7 Å². The van der Waals surface area contributed by atoms with Gasteiger partial charge >= 0.3 is 17.9 Å². The van der Waals surface area contributed by atoms with Crippen LogP contribution in [0, 0.1) is 0 Å². The van der Waals surface area contributed by atoms with Crippen LogP contribution in [0.3, 0.4) is 0 Å². The summed E-state index contributed by atoms with van der Waals surface area (Å²) < 4.78 is 15.3. The predicted octanol–water partition coefficient (Wildman–Crippen LogP) is 0.279. The summed E-state index contributed by atoms with van der Waals surface area (Å²) in [6, 6.07) is 10.9. The Bertz CT molecular complexity index is 1060. The van der Waals surface area contributed by atoms with Gasteiger partial charge in [-0.2, -0.15) is 0 Å². The van der Waals surface area contributed by atoms with Gasteiger partial charge in [-0.3, -0.25) is 9.59 Å². The summed E-state index contributed by atoms with van der Waals surface area (Å²) in [5, 5.41) is 32.2. The number of hydrogen-bond acceptors (Lipinski definition) is 9. The van der Waals surface area contributed by atoms with Crippen molar-refractivity contribution in [1.29, 1.82) is 0 Å². The van der Waals surface area contributed by atoms with Gasteiger partial charge < -0.3 is 40.2 Å². The molecule has 13 heteroatoms. The largest absolute Gasteiger partial charge is 0.479 e. The summed E-state index contributed by atoms with van der Waals surface area (Å²) in [6.45, 7) is -2.18. The molecule has 2 aromatic rings. The Kier molecular flexibility index (Phi) is 10.7. The number of carbonyl (C=O) groups excluding carboxylic acids is 2. The van der Waals surface area contributed by atoms with E-state index in [0.29, 0.717) is 5.56 Å². The van der Waals surface area contributed by atoms with Crippen LogP contribution in [0.2, 0.25) is 0 Å². The first kappa shape index (κ1) is 27.6. The van der Waals surface area contributed by atoms with Gasteiger partial charge in [-0.25, -0.2) is 14.4 Å². The van der Waals surface area contributed by atoms with Crippen LogP contribution in [0.5, 0.6) is 17.2 Å². The minimum Gasteiger partial charge on any atom is -0.479 e. The molecule has 2 aromatic carbocycles. The lowest BCUT2D eigenvalue weighted by atomic mass is 10.1. The Morgan fingerprint density at radius 3 is 1.75 bits per heavy atom. The predicted molar refractivity (Wildman–Crippen MR) is 122 cm³/mol. The maximum Gasteiger partial charge on any atom is 0.341 e. The van der Waals surface area contributed by atoms with E-state index >= 15 is 0 Å². The van der Waals surface area contributed by atoms with Crippen LogP contribution >= 0.6 is 0 Å². The van der Waals surface area contributed by atoms with Crippen molar-refractivity contribution in [3.63, 3.8) is 0 Å². The van der Waals surface area contributed by atoms with E-state index in [2.05, 4.69) is 10.6 Å². The van der Waals surface area contributed by atoms with E-state index in [0.717, 1.165) is 12.1 Å². The van der Waals surface area contributed by atoms with Crippen molar-refractivity contribution in [1.82, 2.24) is 10.6 Å². The third-order valence-electron chi connectivity index (χ3n) is 4.29. The Hall–Kier alpha value is -4.65. The molecule has 192 valence electrons. The Morgan fingerprint density at radius 1 is 0.694 bits per heavy atom. The molecule has 0 radical (unpaired) electrons. The molecule has 36 heavy (non-hydrogen) atoms. The number of benzene rings is 2. The van der Waals surface area contributed by atoms with Crippen LogP contribution in [-0.2, 0) is 14.4 Å². The Labute approximate surface area is 204 Å². The van der Waals surface area contributed by atoms with Crippen molar-refractivity contribution in [2.75, 3.05) is 39.5 Å². The molecule has 1 amide bonds. The molecule has 0 fully saturated rings. The molecule has 5 N–H and O–H groups in total. The maximum absolute atomic E-state index is 12.6. The Morgan fingerprint density at radius 2 is 1.22 bits per heavy atom. The minimum atomic E-state index is -1.37. The highest BCUT2D eigenvalue weighted by molar-refractivity contribution is 5.97. The fraction of sp³-hybridized carbons (Fsp3) is 0.261. The average molecular weight is 504 g/mol. The Balaban J connectivity index is 2.10. The second-order valence-electron chi connectivity index (χ2n) is 7.07. The number of carboxylic acid groups (broad SMARTS) is 3. The van der Waals surface area contributed by atoms with Crippen LogP contribution in [0.4, 0.5) is 0 Å². The first-order chi connectivity index (χ1) is 17.2. The van der Waals surface area contributed by atoms with E-state index in [-0.39, 0.29) is 48.2 Å². The molecule has 13 nitrogen and oxygen atoms in total. The van der Waals surface area contributed by atoms with E-state index < -0.39 is 43.6 Å². The minimum absolute atomic E-state index is 0.0514. The van der Waals surface area contributed by atoms with Crippen LogP contribution in [0.15, 0.2) is 42.5 Å². The number of nitrogens with one attached hydrogen (secondary N) is 2. The van der Waals surface area contributed by atoms with Gasteiger partial charge in [0.05, 0.1) is 6.54 Å². The number of ketones is 1. The molecule has 0 aliphatic heterocycles. The average Bonchev–Trinajstić information content (AvgIpc) is 2.84. The van der Waals surface area contributed by atoms with Crippen molar-refractivity contribution in [3.8, 4) is 17.2 Å². The highest BCUT2D eigenvalue weighted by atomic mass is 16.6. The molecule has 0 bridgehead atoms. The molecule has 0 spiro atoms. The zero-order valence-electron chi connectivity index (χ0n) is 18.9. The quantitative estimate of drug-likeness (QED) is 0.155. The van der Waals surface area contributed by atoms with E-state index in [1.807, 2.05) is 0 Å². The fourth-order valence-electron chi connectivity index (χ4n) is 2.77. The summed E-state index contributed by atoms with van der Waals surface area (Å²) >= 11 is 0. The molecule has 2 rings (SSSR count). The van der Waals surface area contributed by atoms with E-state index in [9.17, 15) is 24.0 Å². The second kappa shape index (κ2) is 13.9. The van der Waals surface area contributed by atoms with Crippen LogP contribution in [-0.4, -0.2) is 84.4 Å². The fourth-order valence-corrected chi connectivity index (χ4v) is 2.77. The first-order valence-corrected chi connectivity index (χ1v) is 10.5. The van der Waals surface area contributed by atoms with Gasteiger partial charge in [0.2, 0.25) is 5.75 Å². The number of amides is 1. The summed E-state index contributed by atoms with van der Waals surface area (Å²) in [7, 11) is 0. The molecular formula is C23H24N2O11. The third-order valence-corrected chi connectivity index (χ3v) is 4.29. The molecule has 0 aliphatic carbocycles. The number of carbonyl (C=O) groups is 5. The van der Waals surface area contributed by atoms with E-state index in [1.54, 1.807) is 30.3 Å². The molecule has 0 heterocycles. The molecule has 0 atom stereocenters. The van der Waals surface area contributed by atoms with Gasteiger partial charge in [-0.1, -0.05) is 30.3 Å².